The van der Waals surface area contributed by atoms with Crippen molar-refractivity contribution in [2.24, 2.45) is 0 Å². The van der Waals surface area contributed by atoms with E-state index < -0.39 is 0 Å². The van der Waals surface area contributed by atoms with E-state index >= 15 is 0 Å². The highest BCUT2D eigenvalue weighted by molar-refractivity contribution is 5.65. The molecule has 12 heavy (non-hydrogen) atoms. The molecule has 0 aromatic heterocycles. The average Bonchev–Trinajstić information content (AvgIpc) is 2.06. The Morgan fingerprint density at radius 3 is 1.75 bits per heavy atom. The van der Waals surface area contributed by atoms with Crippen molar-refractivity contribution in [3.8, 4) is 0 Å². The lowest BCUT2D eigenvalue weighted by Crippen LogP contribution is -1.81. The number of benzene rings is 1. The second-order valence-corrected chi connectivity index (χ2v) is 3.01. The molecule has 2 rings (SSSR count). The Morgan fingerprint density at radius 2 is 1.25 bits per heavy atom. The van der Waals surface area contributed by atoms with Gasteiger partial charge in [0.15, 0.2) is 0 Å². The third-order valence-corrected chi connectivity index (χ3v) is 2.09. The molecule has 1 aromatic rings. The topological polar surface area (TPSA) is 0 Å². The summed E-state index contributed by atoms with van der Waals surface area (Å²) in [5.41, 5.74) is 2.65. The average molecular weight is 156 g/mol. The first kappa shape index (κ1) is 7.35. The van der Waals surface area contributed by atoms with Crippen LogP contribution in [0.5, 0.6) is 0 Å². The zero-order valence-corrected chi connectivity index (χ0v) is 7.03. The van der Waals surface area contributed by atoms with Gasteiger partial charge in [-0.25, -0.2) is 0 Å². The molecule has 1 aliphatic carbocycles. The van der Waals surface area contributed by atoms with E-state index in [-0.39, 0.29) is 0 Å². The van der Waals surface area contributed by atoms with Gasteiger partial charge < -0.3 is 0 Å². The molecule has 0 radical (unpaired) electrons. The summed E-state index contributed by atoms with van der Waals surface area (Å²) in [5, 5.41) is 0. The Morgan fingerprint density at radius 1 is 0.750 bits per heavy atom. The molecule has 0 saturated heterocycles. The van der Waals surface area contributed by atoms with E-state index in [4.69, 9.17) is 0 Å². The molecule has 60 valence electrons. The van der Waals surface area contributed by atoms with Crippen molar-refractivity contribution >= 4 is 12.2 Å². The molecule has 0 spiro atoms. The number of hydrogen-bond acceptors (Lipinski definition) is 0. The number of rotatable bonds is 0. The van der Waals surface area contributed by atoms with Gasteiger partial charge in [0.25, 0.3) is 0 Å². The fourth-order valence-electron chi connectivity index (χ4n) is 1.43. The van der Waals surface area contributed by atoms with Crippen LogP contribution in [0.4, 0.5) is 0 Å². The summed E-state index contributed by atoms with van der Waals surface area (Å²) in [7, 11) is 0. The van der Waals surface area contributed by atoms with Crippen LogP contribution in [0.15, 0.2) is 36.4 Å². The lowest BCUT2D eigenvalue weighted by Gasteiger charge is -2.02. The molecular formula is C12H12. The van der Waals surface area contributed by atoms with Gasteiger partial charge in [-0.15, -0.1) is 0 Å². The van der Waals surface area contributed by atoms with Gasteiger partial charge >= 0.3 is 0 Å². The number of fused-ring (bicyclic) bond motifs is 1. The third-order valence-electron chi connectivity index (χ3n) is 2.09. The lowest BCUT2D eigenvalue weighted by atomic mass is 10.0. The van der Waals surface area contributed by atoms with E-state index in [1.54, 1.807) is 0 Å². The van der Waals surface area contributed by atoms with E-state index in [0.717, 1.165) is 12.8 Å². The SMILES string of the molecule is C1=C\c2ccccc2/C=C\CC/1. The third kappa shape index (κ3) is 1.48. The quantitative estimate of drug-likeness (QED) is 0.539. The molecule has 0 N–H and O–H groups in total. The van der Waals surface area contributed by atoms with Gasteiger partial charge in [-0.2, -0.15) is 0 Å². The maximum absolute atomic E-state index is 2.24. The minimum absolute atomic E-state index is 1.16. The van der Waals surface area contributed by atoms with Crippen LogP contribution in [-0.4, -0.2) is 0 Å². The van der Waals surface area contributed by atoms with Crippen molar-refractivity contribution < 1.29 is 0 Å². The molecular weight excluding hydrogens is 144 g/mol. The van der Waals surface area contributed by atoms with Gasteiger partial charge in [0.2, 0.25) is 0 Å². The summed E-state index contributed by atoms with van der Waals surface area (Å²) in [6.07, 6.45) is 11.2. The van der Waals surface area contributed by atoms with Crippen LogP contribution in [0.25, 0.3) is 12.2 Å². The first-order valence-electron chi connectivity index (χ1n) is 4.39. The molecule has 0 atom stereocenters. The maximum atomic E-state index is 2.24. The Hall–Kier alpha value is -1.30. The van der Waals surface area contributed by atoms with Crippen LogP contribution in [0, 0.1) is 0 Å². The summed E-state index contributed by atoms with van der Waals surface area (Å²) < 4.78 is 0. The summed E-state index contributed by atoms with van der Waals surface area (Å²) >= 11 is 0. The largest absolute Gasteiger partial charge is 0.0836 e. The van der Waals surface area contributed by atoms with Crippen molar-refractivity contribution in [3.63, 3.8) is 0 Å². The fraction of sp³-hybridized carbons (Fsp3) is 0.167. The van der Waals surface area contributed by atoms with Crippen molar-refractivity contribution in [2.75, 3.05) is 0 Å². The molecule has 1 aromatic carbocycles. The van der Waals surface area contributed by atoms with E-state index in [1.165, 1.54) is 11.1 Å². The van der Waals surface area contributed by atoms with Crippen LogP contribution in [0.3, 0.4) is 0 Å². The van der Waals surface area contributed by atoms with Crippen LogP contribution in [0.2, 0.25) is 0 Å². The summed E-state index contributed by atoms with van der Waals surface area (Å²) in [6, 6.07) is 8.47. The highest BCUT2D eigenvalue weighted by Gasteiger charge is 1.94. The molecule has 0 aliphatic heterocycles. The molecule has 0 fully saturated rings. The molecule has 0 nitrogen and oxygen atoms in total. The summed E-state index contributed by atoms with van der Waals surface area (Å²) in [5.74, 6) is 0. The van der Waals surface area contributed by atoms with E-state index in [1.807, 2.05) is 0 Å². The van der Waals surface area contributed by atoms with Crippen molar-refractivity contribution in [1.29, 1.82) is 0 Å². The van der Waals surface area contributed by atoms with E-state index in [0.29, 0.717) is 0 Å². The highest BCUT2D eigenvalue weighted by Crippen LogP contribution is 2.15. The molecule has 0 bridgehead atoms. The Labute approximate surface area is 73.2 Å². The normalized spacial score (nSPS) is 20.3. The van der Waals surface area contributed by atoms with Crippen LogP contribution < -0.4 is 0 Å². The predicted octanol–water partition coefficient (Wildman–Crippen LogP) is 3.51. The zero-order valence-electron chi connectivity index (χ0n) is 7.03. The van der Waals surface area contributed by atoms with Gasteiger partial charge in [0.1, 0.15) is 0 Å². The molecule has 0 amide bonds. The number of hydrogen-bond donors (Lipinski definition) is 0. The highest BCUT2D eigenvalue weighted by atomic mass is 14.0. The van der Waals surface area contributed by atoms with Gasteiger partial charge in [-0.3, -0.25) is 0 Å². The lowest BCUT2D eigenvalue weighted by molar-refractivity contribution is 1.06. The van der Waals surface area contributed by atoms with Crippen LogP contribution in [0.1, 0.15) is 24.0 Å². The predicted molar refractivity (Wildman–Crippen MR) is 53.7 cm³/mol. The van der Waals surface area contributed by atoms with E-state index in [9.17, 15) is 0 Å². The van der Waals surface area contributed by atoms with Gasteiger partial charge in [0.05, 0.1) is 0 Å². The zero-order chi connectivity index (χ0) is 8.23. The van der Waals surface area contributed by atoms with Crippen molar-refractivity contribution in [2.45, 2.75) is 12.8 Å². The molecule has 0 heterocycles. The fourth-order valence-corrected chi connectivity index (χ4v) is 1.43. The van der Waals surface area contributed by atoms with E-state index in [2.05, 4.69) is 48.6 Å². The number of allylic oxidation sites excluding steroid dienone is 2. The van der Waals surface area contributed by atoms with Gasteiger partial charge in [-0.1, -0.05) is 48.6 Å². The smallest absolute Gasteiger partial charge is 0.0187 e. The molecule has 0 saturated carbocycles. The minimum Gasteiger partial charge on any atom is -0.0836 e. The molecule has 0 heteroatoms. The Kier molecular flexibility index (Phi) is 2.08. The minimum atomic E-state index is 1.16. The summed E-state index contributed by atoms with van der Waals surface area (Å²) in [6.45, 7) is 0. The van der Waals surface area contributed by atoms with Crippen LogP contribution in [-0.2, 0) is 0 Å². The second-order valence-electron chi connectivity index (χ2n) is 3.01. The van der Waals surface area contributed by atoms with Gasteiger partial charge in [0, 0.05) is 0 Å². The molecule has 1 aliphatic rings. The standard InChI is InChI=1S/C12H12/c1-2-4-8-12-10-6-5-9-11(12)7-3-1/h3-10H,1-2H2/b7-3-,8-4-. The Bertz CT molecular complexity index is 286. The van der Waals surface area contributed by atoms with Crippen molar-refractivity contribution in [1.82, 2.24) is 0 Å². The maximum Gasteiger partial charge on any atom is -0.0187 e. The van der Waals surface area contributed by atoms with Crippen LogP contribution >= 0.6 is 0 Å². The second kappa shape index (κ2) is 3.40. The van der Waals surface area contributed by atoms with Crippen molar-refractivity contribution in [3.05, 3.63) is 47.5 Å². The first-order valence-corrected chi connectivity index (χ1v) is 4.39. The monoisotopic (exact) mass is 156 g/mol. The summed E-state index contributed by atoms with van der Waals surface area (Å²) in [4.78, 5) is 0. The molecule has 0 unspecified atom stereocenters. The Balaban J connectivity index is 2.48. The first-order chi connectivity index (χ1) is 5.97. The van der Waals surface area contributed by atoms with Gasteiger partial charge in [-0.05, 0) is 24.0 Å².